The number of nitrogens with zero attached hydrogens (tertiary/aromatic N) is 1. The maximum absolute atomic E-state index is 6.29. The number of nitrogen functional groups attached to an aromatic ring is 1. The molecule has 100 valence electrons. The zero-order valence-electron chi connectivity index (χ0n) is 11.0. The molecule has 2 nitrogen and oxygen atoms in total. The van der Waals surface area contributed by atoms with Gasteiger partial charge in [0.15, 0.2) is 0 Å². The average Bonchev–Trinajstić information content (AvgIpc) is 2.39. The smallest absolute Gasteiger partial charge is 0.0746 e. The molecule has 2 N–H and O–H groups in total. The fourth-order valence-corrected chi connectivity index (χ4v) is 3.28. The fraction of sp³-hybridized carbons (Fsp3) is 0.571. The van der Waals surface area contributed by atoms with Gasteiger partial charge in [0.2, 0.25) is 0 Å². The number of nitrogens with two attached hydrogens (primary N) is 1. The molecule has 1 saturated heterocycles. The van der Waals surface area contributed by atoms with E-state index in [1.54, 1.807) is 12.1 Å². The van der Waals surface area contributed by atoms with Gasteiger partial charge in [0, 0.05) is 18.8 Å². The first kappa shape index (κ1) is 13.8. The topological polar surface area (TPSA) is 29.3 Å². The Morgan fingerprint density at radius 3 is 2.33 bits per heavy atom. The van der Waals surface area contributed by atoms with Crippen LogP contribution in [-0.4, -0.2) is 13.1 Å². The summed E-state index contributed by atoms with van der Waals surface area (Å²) < 4.78 is 0. The third-order valence-corrected chi connectivity index (χ3v) is 4.27. The Kier molecular flexibility index (Phi) is 3.98. The summed E-state index contributed by atoms with van der Waals surface area (Å²) in [4.78, 5) is 2.29. The molecule has 0 aliphatic carbocycles. The molecule has 1 aliphatic rings. The second-order valence-corrected chi connectivity index (χ2v) is 6.65. The van der Waals surface area contributed by atoms with E-state index in [1.165, 1.54) is 12.8 Å². The summed E-state index contributed by atoms with van der Waals surface area (Å²) in [6.07, 6.45) is 3.57. The lowest BCUT2D eigenvalue weighted by Gasteiger charge is -2.26. The van der Waals surface area contributed by atoms with Crippen LogP contribution in [0.1, 0.15) is 33.1 Å². The van der Waals surface area contributed by atoms with Crippen molar-refractivity contribution in [1.82, 2.24) is 0 Å². The number of hydrogen-bond donors (Lipinski definition) is 1. The highest BCUT2D eigenvalue weighted by Crippen LogP contribution is 2.39. The molecule has 2 rings (SSSR count). The van der Waals surface area contributed by atoms with Gasteiger partial charge < -0.3 is 10.6 Å². The summed E-state index contributed by atoms with van der Waals surface area (Å²) in [6.45, 7) is 6.65. The Morgan fingerprint density at radius 1 is 1.11 bits per heavy atom. The maximum Gasteiger partial charge on any atom is 0.0746 e. The quantitative estimate of drug-likeness (QED) is 0.765. The van der Waals surface area contributed by atoms with Gasteiger partial charge in [-0.3, -0.25) is 0 Å². The van der Waals surface area contributed by atoms with Gasteiger partial charge in [0.25, 0.3) is 0 Å². The number of rotatable bonds is 1. The van der Waals surface area contributed by atoms with Crippen molar-refractivity contribution in [2.45, 2.75) is 33.1 Å². The van der Waals surface area contributed by atoms with Crippen molar-refractivity contribution in [3.8, 4) is 0 Å². The highest BCUT2D eigenvalue weighted by molar-refractivity contribution is 6.39. The number of benzene rings is 1. The SMILES string of the molecule is CC1(C)CCCN(c2c(Cl)cc(N)cc2Cl)CC1. The molecule has 1 heterocycles. The van der Waals surface area contributed by atoms with Crippen LogP contribution in [-0.2, 0) is 0 Å². The Balaban J connectivity index is 2.27. The third kappa shape index (κ3) is 3.04. The molecule has 18 heavy (non-hydrogen) atoms. The van der Waals surface area contributed by atoms with E-state index >= 15 is 0 Å². The summed E-state index contributed by atoms with van der Waals surface area (Å²) in [5, 5.41) is 1.31. The monoisotopic (exact) mass is 286 g/mol. The number of halogens is 2. The molecule has 0 spiro atoms. The van der Waals surface area contributed by atoms with Crippen LogP contribution in [0.3, 0.4) is 0 Å². The minimum Gasteiger partial charge on any atom is -0.399 e. The highest BCUT2D eigenvalue weighted by Gasteiger charge is 2.25. The lowest BCUT2D eigenvalue weighted by molar-refractivity contribution is 0.325. The second-order valence-electron chi connectivity index (χ2n) is 5.84. The molecule has 0 atom stereocenters. The van der Waals surface area contributed by atoms with Gasteiger partial charge in [-0.25, -0.2) is 0 Å². The van der Waals surface area contributed by atoms with Crippen LogP contribution >= 0.6 is 23.2 Å². The van der Waals surface area contributed by atoms with Gasteiger partial charge in [0.05, 0.1) is 15.7 Å². The van der Waals surface area contributed by atoms with Crippen molar-refractivity contribution >= 4 is 34.6 Å². The van der Waals surface area contributed by atoms with Crippen LogP contribution in [0.5, 0.6) is 0 Å². The summed E-state index contributed by atoms with van der Waals surface area (Å²) in [7, 11) is 0. The van der Waals surface area contributed by atoms with E-state index in [0.717, 1.165) is 25.2 Å². The standard InChI is InChI=1S/C14H20Cl2N2/c1-14(2)4-3-6-18(7-5-14)13-11(15)8-10(17)9-12(13)16/h8-9H,3-7,17H2,1-2H3. The maximum atomic E-state index is 6.29. The molecular weight excluding hydrogens is 267 g/mol. The zero-order chi connectivity index (χ0) is 13.3. The average molecular weight is 287 g/mol. The van der Waals surface area contributed by atoms with Crippen molar-refractivity contribution < 1.29 is 0 Å². The van der Waals surface area contributed by atoms with Crippen molar-refractivity contribution in [3.05, 3.63) is 22.2 Å². The molecule has 1 fully saturated rings. The van der Waals surface area contributed by atoms with E-state index in [-0.39, 0.29) is 0 Å². The third-order valence-electron chi connectivity index (χ3n) is 3.70. The molecule has 4 heteroatoms. The number of anilines is 2. The second kappa shape index (κ2) is 5.18. The molecule has 0 bridgehead atoms. The molecule has 0 radical (unpaired) electrons. The summed E-state index contributed by atoms with van der Waals surface area (Å²) in [5.74, 6) is 0. The summed E-state index contributed by atoms with van der Waals surface area (Å²) in [6, 6.07) is 3.55. The van der Waals surface area contributed by atoms with Crippen molar-refractivity contribution in [2.75, 3.05) is 23.7 Å². The Morgan fingerprint density at radius 2 is 1.72 bits per heavy atom. The Labute approximate surface area is 119 Å². The first-order valence-corrected chi connectivity index (χ1v) is 7.14. The zero-order valence-corrected chi connectivity index (χ0v) is 12.5. The van der Waals surface area contributed by atoms with Crippen molar-refractivity contribution in [3.63, 3.8) is 0 Å². The summed E-state index contributed by atoms with van der Waals surface area (Å²) in [5.41, 5.74) is 7.70. The van der Waals surface area contributed by atoms with E-state index in [2.05, 4.69) is 18.7 Å². The molecule has 1 aliphatic heterocycles. The van der Waals surface area contributed by atoms with Gasteiger partial charge in [0.1, 0.15) is 0 Å². The van der Waals surface area contributed by atoms with E-state index in [4.69, 9.17) is 28.9 Å². The van der Waals surface area contributed by atoms with Gasteiger partial charge >= 0.3 is 0 Å². The van der Waals surface area contributed by atoms with Crippen LogP contribution < -0.4 is 10.6 Å². The molecule has 0 unspecified atom stereocenters. The van der Waals surface area contributed by atoms with E-state index < -0.39 is 0 Å². The molecule has 0 saturated carbocycles. The Bertz CT molecular complexity index is 420. The predicted molar refractivity (Wildman–Crippen MR) is 80.7 cm³/mol. The van der Waals surface area contributed by atoms with Crippen LogP contribution in [0.25, 0.3) is 0 Å². The van der Waals surface area contributed by atoms with Crippen molar-refractivity contribution in [2.24, 2.45) is 5.41 Å². The van der Waals surface area contributed by atoms with Gasteiger partial charge in [-0.1, -0.05) is 37.0 Å². The van der Waals surface area contributed by atoms with Crippen LogP contribution in [0.2, 0.25) is 10.0 Å². The van der Waals surface area contributed by atoms with E-state index in [9.17, 15) is 0 Å². The van der Waals surface area contributed by atoms with Crippen molar-refractivity contribution in [1.29, 1.82) is 0 Å². The lowest BCUT2D eigenvalue weighted by atomic mass is 9.85. The predicted octanol–water partition coefficient (Wildman–Crippen LogP) is 4.59. The summed E-state index contributed by atoms with van der Waals surface area (Å²) >= 11 is 12.6. The molecule has 1 aromatic carbocycles. The molecule has 0 amide bonds. The number of hydrogen-bond acceptors (Lipinski definition) is 2. The molecular formula is C14H20Cl2N2. The van der Waals surface area contributed by atoms with E-state index in [1.807, 2.05) is 0 Å². The van der Waals surface area contributed by atoms with Gasteiger partial charge in [-0.2, -0.15) is 0 Å². The lowest BCUT2D eigenvalue weighted by Crippen LogP contribution is -2.25. The first-order chi connectivity index (χ1) is 8.39. The van der Waals surface area contributed by atoms with Gasteiger partial charge in [-0.15, -0.1) is 0 Å². The van der Waals surface area contributed by atoms with Crippen LogP contribution in [0.4, 0.5) is 11.4 Å². The largest absolute Gasteiger partial charge is 0.399 e. The minimum atomic E-state index is 0.404. The van der Waals surface area contributed by atoms with Gasteiger partial charge in [-0.05, 0) is 36.8 Å². The molecule has 1 aromatic rings. The minimum absolute atomic E-state index is 0.404. The Hall–Kier alpha value is -0.600. The molecule has 0 aromatic heterocycles. The van der Waals surface area contributed by atoms with Crippen LogP contribution in [0, 0.1) is 5.41 Å². The normalized spacial score (nSPS) is 19.7. The van der Waals surface area contributed by atoms with E-state index in [0.29, 0.717) is 21.1 Å². The highest BCUT2D eigenvalue weighted by atomic mass is 35.5. The fourth-order valence-electron chi connectivity index (χ4n) is 2.53. The first-order valence-electron chi connectivity index (χ1n) is 6.38. The van der Waals surface area contributed by atoms with Crippen LogP contribution in [0.15, 0.2) is 12.1 Å².